The highest BCUT2D eigenvalue weighted by Gasteiger charge is 2.36. The molecule has 1 aromatic heterocycles. The minimum Gasteiger partial charge on any atom is -0.355 e. The summed E-state index contributed by atoms with van der Waals surface area (Å²) < 4.78 is 39.1. The summed E-state index contributed by atoms with van der Waals surface area (Å²) in [7, 11) is 1.44. The lowest BCUT2D eigenvalue weighted by Gasteiger charge is -2.14. The van der Waals surface area contributed by atoms with Gasteiger partial charge in [0.25, 0.3) is 11.1 Å². The van der Waals surface area contributed by atoms with Crippen molar-refractivity contribution in [1.82, 2.24) is 5.32 Å². The monoisotopic (exact) mass is 330 g/mol. The van der Waals surface area contributed by atoms with Gasteiger partial charge >= 0.3 is 6.18 Å². The van der Waals surface area contributed by atoms with Crippen LogP contribution in [0.1, 0.15) is 15.9 Å². The molecule has 1 amide bonds. The van der Waals surface area contributed by atoms with E-state index < -0.39 is 17.6 Å². The van der Waals surface area contributed by atoms with Crippen LogP contribution in [0.15, 0.2) is 36.5 Å². The molecule has 22 heavy (non-hydrogen) atoms. The van der Waals surface area contributed by atoms with Gasteiger partial charge in [-0.2, -0.15) is 13.2 Å². The Balaban J connectivity index is 2.48. The van der Waals surface area contributed by atoms with E-state index in [0.717, 1.165) is 12.3 Å². The second-order valence-corrected chi connectivity index (χ2v) is 4.76. The van der Waals surface area contributed by atoms with Gasteiger partial charge in [0.2, 0.25) is 0 Å². The average Bonchev–Trinajstić information content (AvgIpc) is 2.46. The second-order valence-electron chi connectivity index (χ2n) is 4.36. The Morgan fingerprint density at radius 3 is 2.55 bits per heavy atom. The van der Waals surface area contributed by atoms with Crippen molar-refractivity contribution in [3.63, 3.8) is 0 Å². The van der Waals surface area contributed by atoms with Crippen molar-refractivity contribution < 1.29 is 22.9 Å². The molecule has 0 atom stereocenters. The summed E-state index contributed by atoms with van der Waals surface area (Å²) in [6, 6.07) is 7.36. The Kier molecular flexibility index (Phi) is 4.56. The number of alkyl halides is 3. The van der Waals surface area contributed by atoms with Gasteiger partial charge in [-0.3, -0.25) is 4.79 Å². The van der Waals surface area contributed by atoms with Crippen LogP contribution in [-0.4, -0.2) is 13.0 Å². The first kappa shape index (κ1) is 16.1. The smallest absolute Gasteiger partial charge is 0.355 e. The van der Waals surface area contributed by atoms with E-state index in [1.807, 2.05) is 0 Å². The molecule has 0 fully saturated rings. The van der Waals surface area contributed by atoms with Gasteiger partial charge in [-0.25, -0.2) is 4.98 Å². The maximum Gasteiger partial charge on any atom is 0.424 e. The quantitative estimate of drug-likeness (QED) is 0.849. The van der Waals surface area contributed by atoms with Crippen LogP contribution < -0.4 is 15.6 Å². The largest absolute Gasteiger partial charge is 0.424 e. The van der Waals surface area contributed by atoms with Gasteiger partial charge in [-0.15, -0.1) is 0 Å². The van der Waals surface area contributed by atoms with E-state index in [1.165, 1.54) is 19.2 Å². The maximum absolute atomic E-state index is 13.0. The number of carbonyl (C=O) groups excluding carboxylic acids is 1. The number of benzene rings is 1. The van der Waals surface area contributed by atoms with Gasteiger partial charge in [0.1, 0.15) is 5.56 Å². The van der Waals surface area contributed by atoms with Crippen molar-refractivity contribution in [2.45, 2.75) is 6.18 Å². The third-order valence-electron chi connectivity index (χ3n) is 2.89. The molecule has 1 aromatic carbocycles. The summed E-state index contributed by atoms with van der Waals surface area (Å²) in [5.41, 5.74) is -0.687. The molecule has 0 aliphatic heterocycles. The number of rotatable bonds is 3. The van der Waals surface area contributed by atoms with E-state index in [9.17, 15) is 18.0 Å². The van der Waals surface area contributed by atoms with E-state index in [2.05, 4.69) is 15.6 Å². The molecule has 1 heterocycles. The number of aromatic nitrogens is 1. The molecule has 2 aromatic rings. The number of hydrogen-bond donors (Lipinski definition) is 2. The summed E-state index contributed by atoms with van der Waals surface area (Å²) >= 11 is 5.72. The van der Waals surface area contributed by atoms with Crippen molar-refractivity contribution in [2.75, 3.05) is 12.4 Å². The van der Waals surface area contributed by atoms with Crippen molar-refractivity contribution in [3.8, 4) is 0 Å². The number of aromatic amines is 1. The van der Waals surface area contributed by atoms with Gasteiger partial charge in [-0.1, -0.05) is 12.1 Å². The van der Waals surface area contributed by atoms with Crippen LogP contribution in [-0.2, 0) is 6.18 Å². The predicted molar refractivity (Wildman–Crippen MR) is 76.1 cm³/mol. The predicted octanol–water partition coefficient (Wildman–Crippen LogP) is 3.28. The molecule has 3 N–H and O–H groups in total. The number of anilines is 2. The van der Waals surface area contributed by atoms with Gasteiger partial charge in [0.05, 0.1) is 16.9 Å². The van der Waals surface area contributed by atoms with Crippen molar-refractivity contribution in [1.29, 1.82) is 0 Å². The molecule has 0 spiro atoms. The molecular weight excluding hydrogens is 319 g/mol. The summed E-state index contributed by atoms with van der Waals surface area (Å²) in [5.74, 6) is -0.412. The first-order valence-electron chi connectivity index (χ1n) is 6.19. The zero-order valence-corrected chi connectivity index (χ0v) is 12.1. The first-order valence-corrected chi connectivity index (χ1v) is 6.57. The number of amides is 1. The van der Waals surface area contributed by atoms with Crippen LogP contribution in [0, 0.1) is 0 Å². The van der Waals surface area contributed by atoms with E-state index in [0.29, 0.717) is 0 Å². The maximum atomic E-state index is 13.0. The Bertz CT molecular complexity index is 704. The summed E-state index contributed by atoms with van der Waals surface area (Å²) in [6.07, 6.45) is -3.79. The molecule has 0 unspecified atom stereocenters. The van der Waals surface area contributed by atoms with E-state index in [1.54, 1.807) is 12.1 Å². The highest BCUT2D eigenvalue weighted by atomic mass is 35.5. The number of carbonyl (C=O) groups is 1. The normalized spacial score (nSPS) is 11.1. The van der Waals surface area contributed by atoms with E-state index >= 15 is 0 Å². The topological polar surface area (TPSA) is 55.3 Å². The summed E-state index contributed by atoms with van der Waals surface area (Å²) in [5, 5.41) is 5.08. The van der Waals surface area contributed by atoms with Crippen molar-refractivity contribution in [3.05, 3.63) is 52.8 Å². The Morgan fingerprint density at radius 2 is 1.91 bits per heavy atom. The molecule has 0 aliphatic rings. The molecule has 2 rings (SSSR count). The fraction of sp³-hybridized carbons (Fsp3) is 0.143. The average molecular weight is 331 g/mol. The fourth-order valence-electron chi connectivity index (χ4n) is 1.87. The van der Waals surface area contributed by atoms with Crippen LogP contribution in [0.25, 0.3) is 0 Å². The Hall–Kier alpha value is -2.28. The SMILES string of the molecule is CNC(=O)c1ccccc1Nc1cc(Cl)[nH+]cc1C(F)(F)F. The standard InChI is InChI=1S/C14H11ClF3N3O/c1-19-13(22)8-4-2-3-5-10(8)21-11-6-12(15)20-7-9(11)14(16,17)18/h2-7H,1H3,(H,19,22)(H,20,21)/p+1. The van der Waals surface area contributed by atoms with Crippen LogP contribution in [0.5, 0.6) is 0 Å². The fourth-order valence-corrected chi connectivity index (χ4v) is 2.04. The number of hydrogen-bond acceptors (Lipinski definition) is 2. The molecule has 0 aliphatic carbocycles. The zero-order chi connectivity index (χ0) is 16.3. The molecular formula is C14H12ClF3N3O+. The third-order valence-corrected chi connectivity index (χ3v) is 3.11. The molecule has 4 nitrogen and oxygen atoms in total. The number of para-hydroxylation sites is 1. The molecule has 0 saturated carbocycles. The van der Waals surface area contributed by atoms with E-state index in [4.69, 9.17) is 11.6 Å². The lowest BCUT2D eigenvalue weighted by Crippen LogP contribution is -2.20. The van der Waals surface area contributed by atoms with E-state index in [-0.39, 0.29) is 22.1 Å². The van der Waals surface area contributed by atoms with Crippen molar-refractivity contribution in [2.24, 2.45) is 0 Å². The Morgan fingerprint density at radius 1 is 1.23 bits per heavy atom. The third kappa shape index (κ3) is 3.48. The van der Waals surface area contributed by atoms with Gasteiger partial charge < -0.3 is 10.6 Å². The Labute approximate surface area is 129 Å². The minimum atomic E-state index is -4.56. The summed E-state index contributed by atoms with van der Waals surface area (Å²) in [6.45, 7) is 0. The molecule has 116 valence electrons. The van der Waals surface area contributed by atoms with Gasteiger partial charge in [0, 0.05) is 13.1 Å². The first-order chi connectivity index (χ1) is 10.3. The van der Waals surface area contributed by atoms with Crippen molar-refractivity contribution >= 4 is 28.9 Å². The molecule has 8 heteroatoms. The van der Waals surface area contributed by atoms with Crippen LogP contribution >= 0.6 is 11.6 Å². The number of pyridine rings is 1. The summed E-state index contributed by atoms with van der Waals surface area (Å²) in [4.78, 5) is 14.1. The van der Waals surface area contributed by atoms with Crippen LogP contribution in [0.2, 0.25) is 5.15 Å². The van der Waals surface area contributed by atoms with Crippen LogP contribution in [0.4, 0.5) is 24.5 Å². The second kappa shape index (κ2) is 6.23. The molecule has 0 saturated heterocycles. The molecule has 0 bridgehead atoms. The highest BCUT2D eigenvalue weighted by Crippen LogP contribution is 2.36. The van der Waals surface area contributed by atoms with Gasteiger partial charge in [-0.05, 0) is 23.7 Å². The minimum absolute atomic E-state index is 0.0351. The lowest BCUT2D eigenvalue weighted by atomic mass is 10.1. The van der Waals surface area contributed by atoms with Crippen LogP contribution in [0.3, 0.4) is 0 Å². The molecule has 0 radical (unpaired) electrons. The number of halogens is 4. The van der Waals surface area contributed by atoms with Gasteiger partial charge in [0.15, 0.2) is 6.20 Å². The number of nitrogens with one attached hydrogen (secondary N) is 3. The highest BCUT2D eigenvalue weighted by molar-refractivity contribution is 6.28. The number of H-pyrrole nitrogens is 1. The zero-order valence-electron chi connectivity index (χ0n) is 11.4. The lowest BCUT2D eigenvalue weighted by molar-refractivity contribution is -0.378.